The van der Waals surface area contributed by atoms with Crippen LogP contribution in [0.3, 0.4) is 0 Å². The van der Waals surface area contributed by atoms with E-state index in [0.717, 1.165) is 22.9 Å². The molecular formula is C26H29N3O4. The third-order valence-electron chi connectivity index (χ3n) is 5.25. The number of nitrogens with one attached hydrogen (secondary N) is 1. The number of fused-ring (bicyclic) bond motifs is 1. The van der Waals surface area contributed by atoms with Gasteiger partial charge in [0, 0.05) is 31.1 Å². The lowest BCUT2D eigenvalue weighted by molar-refractivity contribution is -0.126. The van der Waals surface area contributed by atoms with E-state index in [1.54, 1.807) is 47.8 Å². The van der Waals surface area contributed by atoms with Crippen molar-refractivity contribution < 1.29 is 19.5 Å². The van der Waals surface area contributed by atoms with Crippen LogP contribution in [0, 0.1) is 0 Å². The standard InChI is InChI=1S/C26H29N3O4/c1-28(2)15-16-29(3)26(31)22(17-19-11-13-21(14-12-19)25(30)27-32)18-33-24-10-6-8-20-7-4-5-9-23(20)24/h4-14,17,32H,15-16,18H2,1-3H3,(H,27,30)/b22-17+. The summed E-state index contributed by atoms with van der Waals surface area (Å²) in [5.41, 5.74) is 3.16. The maximum atomic E-state index is 13.2. The van der Waals surface area contributed by atoms with E-state index in [4.69, 9.17) is 9.94 Å². The number of carbonyl (C=O) groups is 2. The van der Waals surface area contributed by atoms with Crippen LogP contribution in [-0.4, -0.2) is 67.7 Å². The Morgan fingerprint density at radius 1 is 0.939 bits per heavy atom. The minimum absolute atomic E-state index is 0.0953. The number of rotatable bonds is 9. The number of amides is 2. The van der Waals surface area contributed by atoms with Crippen molar-refractivity contribution in [1.29, 1.82) is 0 Å². The average molecular weight is 448 g/mol. The molecule has 0 saturated heterocycles. The number of hydroxylamine groups is 1. The predicted molar refractivity (Wildman–Crippen MR) is 129 cm³/mol. The van der Waals surface area contributed by atoms with Crippen LogP contribution < -0.4 is 10.2 Å². The van der Waals surface area contributed by atoms with Gasteiger partial charge in [-0.1, -0.05) is 48.5 Å². The van der Waals surface area contributed by atoms with E-state index >= 15 is 0 Å². The first-order valence-corrected chi connectivity index (χ1v) is 10.6. The number of nitrogens with zero attached hydrogens (tertiary/aromatic N) is 2. The lowest BCUT2D eigenvalue weighted by Crippen LogP contribution is -2.35. The van der Waals surface area contributed by atoms with Crippen molar-refractivity contribution in [2.75, 3.05) is 40.8 Å². The lowest BCUT2D eigenvalue weighted by Gasteiger charge is -2.21. The molecule has 0 saturated carbocycles. The molecule has 0 fully saturated rings. The number of likely N-dealkylation sites (N-methyl/N-ethyl adjacent to an activating group) is 2. The highest BCUT2D eigenvalue weighted by molar-refractivity contribution is 5.98. The van der Waals surface area contributed by atoms with Gasteiger partial charge in [0.2, 0.25) is 0 Å². The Labute approximate surface area is 193 Å². The molecule has 0 radical (unpaired) electrons. The summed E-state index contributed by atoms with van der Waals surface area (Å²) in [4.78, 5) is 28.5. The zero-order valence-electron chi connectivity index (χ0n) is 19.1. The van der Waals surface area contributed by atoms with E-state index in [0.29, 0.717) is 23.4 Å². The Morgan fingerprint density at radius 3 is 2.33 bits per heavy atom. The highest BCUT2D eigenvalue weighted by Gasteiger charge is 2.17. The molecule has 3 aromatic rings. The van der Waals surface area contributed by atoms with Gasteiger partial charge in [0.05, 0.1) is 5.57 Å². The molecule has 172 valence electrons. The largest absolute Gasteiger partial charge is 0.488 e. The summed E-state index contributed by atoms with van der Waals surface area (Å²) in [5, 5.41) is 10.8. The molecule has 7 heteroatoms. The zero-order valence-corrected chi connectivity index (χ0v) is 19.1. The molecule has 33 heavy (non-hydrogen) atoms. The van der Waals surface area contributed by atoms with Crippen LogP contribution >= 0.6 is 0 Å². The highest BCUT2D eigenvalue weighted by Crippen LogP contribution is 2.26. The van der Waals surface area contributed by atoms with Crippen LogP contribution in [0.2, 0.25) is 0 Å². The quantitative estimate of drug-likeness (QED) is 0.298. The van der Waals surface area contributed by atoms with Crippen LogP contribution in [0.5, 0.6) is 5.75 Å². The van der Waals surface area contributed by atoms with Gasteiger partial charge >= 0.3 is 0 Å². The van der Waals surface area contributed by atoms with E-state index < -0.39 is 5.91 Å². The van der Waals surface area contributed by atoms with Crippen molar-refractivity contribution >= 4 is 28.7 Å². The molecule has 0 aliphatic carbocycles. The molecule has 3 aromatic carbocycles. The fraction of sp³-hybridized carbons (Fsp3) is 0.231. The summed E-state index contributed by atoms with van der Waals surface area (Å²) >= 11 is 0. The molecule has 2 amide bonds. The second-order valence-electron chi connectivity index (χ2n) is 8.03. The first-order valence-electron chi connectivity index (χ1n) is 10.6. The first kappa shape index (κ1) is 24.0. The molecule has 0 atom stereocenters. The maximum Gasteiger partial charge on any atom is 0.274 e. The van der Waals surface area contributed by atoms with Gasteiger partial charge in [-0.25, -0.2) is 5.48 Å². The third kappa shape index (κ3) is 6.41. The number of hydrogen-bond donors (Lipinski definition) is 2. The summed E-state index contributed by atoms with van der Waals surface area (Å²) in [6, 6.07) is 20.4. The van der Waals surface area contributed by atoms with Crippen molar-refractivity contribution in [3.8, 4) is 5.75 Å². The molecule has 7 nitrogen and oxygen atoms in total. The Kier molecular flexibility index (Phi) is 8.18. The number of hydrogen-bond acceptors (Lipinski definition) is 5. The van der Waals surface area contributed by atoms with Crippen LogP contribution in [-0.2, 0) is 4.79 Å². The fourth-order valence-electron chi connectivity index (χ4n) is 3.34. The molecule has 0 aromatic heterocycles. The minimum Gasteiger partial charge on any atom is -0.488 e. The Hall–Kier alpha value is -3.68. The molecule has 3 rings (SSSR count). The van der Waals surface area contributed by atoms with Gasteiger partial charge in [-0.15, -0.1) is 0 Å². The summed E-state index contributed by atoms with van der Waals surface area (Å²) in [6.07, 6.45) is 1.76. The van der Waals surface area contributed by atoms with Crippen molar-refractivity contribution in [1.82, 2.24) is 15.3 Å². The van der Waals surface area contributed by atoms with E-state index in [1.807, 2.05) is 61.5 Å². The second-order valence-corrected chi connectivity index (χ2v) is 8.03. The van der Waals surface area contributed by atoms with Gasteiger partial charge in [-0.05, 0) is 49.3 Å². The predicted octanol–water partition coefficient (Wildman–Crippen LogP) is 3.44. The highest BCUT2D eigenvalue weighted by atomic mass is 16.5. The first-order chi connectivity index (χ1) is 15.9. The van der Waals surface area contributed by atoms with Crippen molar-refractivity contribution in [2.24, 2.45) is 0 Å². The Morgan fingerprint density at radius 2 is 1.64 bits per heavy atom. The van der Waals surface area contributed by atoms with Gasteiger partial charge in [0.15, 0.2) is 0 Å². The molecular weight excluding hydrogens is 418 g/mol. The molecule has 0 unspecified atom stereocenters. The Bertz CT molecular complexity index is 1130. The zero-order chi connectivity index (χ0) is 23.8. The smallest absolute Gasteiger partial charge is 0.274 e. The van der Waals surface area contributed by atoms with E-state index in [2.05, 4.69) is 0 Å². The molecule has 0 heterocycles. The SMILES string of the molecule is CN(C)CCN(C)C(=O)/C(=C/c1ccc(C(=O)NO)cc1)COc1cccc2ccccc12. The molecule has 0 aliphatic heterocycles. The van der Waals surface area contributed by atoms with Gasteiger partial charge < -0.3 is 14.5 Å². The topological polar surface area (TPSA) is 82.1 Å². The minimum atomic E-state index is -0.593. The van der Waals surface area contributed by atoms with Gasteiger partial charge in [-0.2, -0.15) is 0 Å². The lowest BCUT2D eigenvalue weighted by atomic mass is 10.1. The fourth-order valence-corrected chi connectivity index (χ4v) is 3.34. The number of ether oxygens (including phenoxy) is 1. The van der Waals surface area contributed by atoms with E-state index in [9.17, 15) is 9.59 Å². The van der Waals surface area contributed by atoms with Crippen molar-refractivity contribution in [2.45, 2.75) is 0 Å². The van der Waals surface area contributed by atoms with Crippen molar-refractivity contribution in [3.63, 3.8) is 0 Å². The summed E-state index contributed by atoms with van der Waals surface area (Å²) < 4.78 is 6.11. The molecule has 0 spiro atoms. The number of benzene rings is 3. The van der Waals surface area contributed by atoms with Crippen LogP contribution in [0.25, 0.3) is 16.8 Å². The molecule has 0 aliphatic rings. The van der Waals surface area contributed by atoms with Gasteiger partial charge in [-0.3, -0.25) is 14.8 Å². The van der Waals surface area contributed by atoms with Crippen LogP contribution in [0.4, 0.5) is 0 Å². The van der Waals surface area contributed by atoms with Crippen LogP contribution in [0.1, 0.15) is 15.9 Å². The van der Waals surface area contributed by atoms with Crippen LogP contribution in [0.15, 0.2) is 72.3 Å². The second kappa shape index (κ2) is 11.3. The summed E-state index contributed by atoms with van der Waals surface area (Å²) in [7, 11) is 5.69. The molecule has 0 bridgehead atoms. The third-order valence-corrected chi connectivity index (χ3v) is 5.25. The van der Waals surface area contributed by atoms with Crippen molar-refractivity contribution in [3.05, 3.63) is 83.4 Å². The summed E-state index contributed by atoms with van der Waals surface area (Å²) in [5.74, 6) is -0.0171. The van der Waals surface area contributed by atoms with E-state index in [1.165, 1.54) is 0 Å². The normalized spacial score (nSPS) is 11.5. The van der Waals surface area contributed by atoms with Gasteiger partial charge in [0.25, 0.3) is 11.8 Å². The summed E-state index contributed by atoms with van der Waals surface area (Å²) in [6.45, 7) is 1.41. The molecule has 2 N–H and O–H groups in total. The maximum absolute atomic E-state index is 13.2. The van der Waals surface area contributed by atoms with E-state index in [-0.39, 0.29) is 12.5 Å². The number of carbonyl (C=O) groups excluding carboxylic acids is 2. The Balaban J connectivity index is 1.86. The average Bonchev–Trinajstić information content (AvgIpc) is 2.84. The monoisotopic (exact) mass is 447 g/mol. The van der Waals surface area contributed by atoms with Gasteiger partial charge in [0.1, 0.15) is 12.4 Å².